The van der Waals surface area contributed by atoms with Crippen LogP contribution in [0, 0.1) is 0 Å². The summed E-state index contributed by atoms with van der Waals surface area (Å²) >= 11 is 1.58. The van der Waals surface area contributed by atoms with Crippen molar-refractivity contribution >= 4 is 51.1 Å². The highest BCUT2D eigenvalue weighted by atomic mass is 127. The number of nitrogens with one attached hydrogen (secondary N) is 2. The highest BCUT2D eigenvalue weighted by Gasteiger charge is 2.10. The zero-order chi connectivity index (χ0) is 19.9. The molecule has 1 heterocycles. The van der Waals surface area contributed by atoms with Gasteiger partial charge in [-0.25, -0.2) is 13.4 Å². The van der Waals surface area contributed by atoms with E-state index in [2.05, 4.69) is 20.6 Å². The molecule has 1 unspecified atom stereocenters. The first-order valence-corrected chi connectivity index (χ1v) is 11.5. The predicted octanol–water partition coefficient (Wildman–Crippen LogP) is 2.92. The molecule has 0 amide bonds. The van der Waals surface area contributed by atoms with Gasteiger partial charge in [-0.15, -0.1) is 35.3 Å². The number of aromatic nitrogens is 1. The molecule has 2 N–H and O–H groups in total. The lowest BCUT2D eigenvalue weighted by Crippen LogP contribution is -2.42. The average molecular weight is 538 g/mol. The first-order valence-electron chi connectivity index (χ1n) is 8.54. The topological polar surface area (TPSA) is 92.7 Å². The van der Waals surface area contributed by atoms with Crippen LogP contribution in [-0.2, 0) is 16.4 Å². The van der Waals surface area contributed by atoms with Crippen molar-refractivity contribution in [1.29, 1.82) is 0 Å². The van der Waals surface area contributed by atoms with Crippen molar-refractivity contribution in [3.63, 3.8) is 0 Å². The molecule has 1 aromatic heterocycles. The molecule has 156 valence electrons. The van der Waals surface area contributed by atoms with E-state index >= 15 is 0 Å². The van der Waals surface area contributed by atoms with Crippen molar-refractivity contribution < 1.29 is 13.2 Å². The molecule has 1 aromatic carbocycles. The van der Waals surface area contributed by atoms with Gasteiger partial charge in [0.2, 0.25) is 0 Å². The van der Waals surface area contributed by atoms with Crippen molar-refractivity contribution in [3.8, 4) is 16.3 Å². The van der Waals surface area contributed by atoms with Gasteiger partial charge < -0.3 is 15.4 Å². The van der Waals surface area contributed by atoms with Crippen LogP contribution in [-0.4, -0.2) is 51.6 Å². The van der Waals surface area contributed by atoms with Gasteiger partial charge in [0.1, 0.15) is 20.6 Å². The summed E-state index contributed by atoms with van der Waals surface area (Å²) in [6, 6.07) is 7.80. The Hall–Kier alpha value is -1.40. The first-order chi connectivity index (χ1) is 12.8. The van der Waals surface area contributed by atoms with E-state index in [0.29, 0.717) is 18.9 Å². The van der Waals surface area contributed by atoms with Gasteiger partial charge in [0.15, 0.2) is 5.96 Å². The van der Waals surface area contributed by atoms with Gasteiger partial charge in [-0.05, 0) is 37.6 Å². The third kappa shape index (κ3) is 8.31. The molecule has 0 radical (unpaired) electrons. The summed E-state index contributed by atoms with van der Waals surface area (Å²) in [5.41, 5.74) is 1.96. The Kier molecular flexibility index (Phi) is 10.2. The molecular formula is C18H27IN4O3S2. The van der Waals surface area contributed by atoms with E-state index in [1.54, 1.807) is 25.5 Å². The molecular weight excluding hydrogens is 511 g/mol. The molecule has 0 fully saturated rings. The number of aliphatic imine (C=N–C) groups is 1. The Balaban J connectivity index is 0.00000392. The number of ether oxygens (including phenoxy) is 1. The van der Waals surface area contributed by atoms with Gasteiger partial charge in [0, 0.05) is 30.3 Å². The number of hydrogen-bond donors (Lipinski definition) is 2. The number of halogens is 1. The number of nitrogens with zero attached hydrogens (tertiary/aromatic N) is 2. The number of sulfone groups is 1. The van der Waals surface area contributed by atoms with Crippen LogP contribution in [0.5, 0.6) is 5.75 Å². The lowest BCUT2D eigenvalue weighted by Gasteiger charge is -2.17. The first kappa shape index (κ1) is 24.6. The molecule has 2 rings (SSSR count). The summed E-state index contributed by atoms with van der Waals surface area (Å²) in [5, 5.41) is 9.36. The molecule has 0 saturated heterocycles. The maximum atomic E-state index is 11.3. The largest absolute Gasteiger partial charge is 0.497 e. The Morgan fingerprint density at radius 2 is 2.00 bits per heavy atom. The van der Waals surface area contributed by atoms with E-state index in [4.69, 9.17) is 4.74 Å². The maximum absolute atomic E-state index is 11.3. The van der Waals surface area contributed by atoms with Crippen molar-refractivity contribution in [3.05, 3.63) is 35.3 Å². The second kappa shape index (κ2) is 11.6. The summed E-state index contributed by atoms with van der Waals surface area (Å²) in [7, 11) is 0.365. The second-order valence-electron chi connectivity index (χ2n) is 6.26. The van der Waals surface area contributed by atoms with Gasteiger partial charge >= 0.3 is 0 Å². The number of methoxy groups -OCH3 is 1. The Morgan fingerprint density at radius 3 is 2.57 bits per heavy atom. The Morgan fingerprint density at radius 1 is 1.32 bits per heavy atom. The highest BCUT2D eigenvalue weighted by molar-refractivity contribution is 14.0. The van der Waals surface area contributed by atoms with Gasteiger partial charge in [0.25, 0.3) is 0 Å². The van der Waals surface area contributed by atoms with E-state index in [9.17, 15) is 8.42 Å². The molecule has 1 atom stereocenters. The van der Waals surface area contributed by atoms with E-state index in [0.717, 1.165) is 22.0 Å². The second-order valence-corrected chi connectivity index (χ2v) is 9.38. The van der Waals surface area contributed by atoms with Crippen LogP contribution >= 0.6 is 35.3 Å². The normalized spacial score (nSPS) is 12.8. The van der Waals surface area contributed by atoms with Crippen molar-refractivity contribution in [2.24, 2.45) is 4.99 Å². The van der Waals surface area contributed by atoms with Crippen LogP contribution in [0.3, 0.4) is 0 Å². The summed E-state index contributed by atoms with van der Waals surface area (Å²) in [4.78, 5) is 8.82. The van der Waals surface area contributed by atoms with Crippen LogP contribution in [0.4, 0.5) is 0 Å². The number of benzene rings is 1. The fourth-order valence-corrected chi connectivity index (χ4v) is 3.93. The third-order valence-electron chi connectivity index (χ3n) is 3.85. The van der Waals surface area contributed by atoms with Gasteiger partial charge in [-0.1, -0.05) is 0 Å². The van der Waals surface area contributed by atoms with E-state index < -0.39 is 9.84 Å². The highest BCUT2D eigenvalue weighted by Crippen LogP contribution is 2.25. The van der Waals surface area contributed by atoms with Gasteiger partial charge in [0.05, 0.1) is 25.1 Å². The van der Waals surface area contributed by atoms with Crippen LogP contribution in [0.2, 0.25) is 0 Å². The van der Waals surface area contributed by atoms with Crippen LogP contribution in [0.15, 0.2) is 34.6 Å². The Bertz CT molecular complexity index is 867. The van der Waals surface area contributed by atoms with E-state index in [-0.39, 0.29) is 35.8 Å². The molecule has 28 heavy (non-hydrogen) atoms. The van der Waals surface area contributed by atoms with Crippen LogP contribution in [0.1, 0.15) is 19.0 Å². The fourth-order valence-electron chi connectivity index (χ4n) is 2.32. The summed E-state index contributed by atoms with van der Waals surface area (Å²) in [6.45, 7) is 2.47. The lowest BCUT2D eigenvalue weighted by molar-refractivity contribution is 0.415. The third-order valence-corrected chi connectivity index (χ3v) is 5.77. The van der Waals surface area contributed by atoms with E-state index in [1.807, 2.05) is 36.6 Å². The number of thiazole rings is 1. The molecule has 0 saturated carbocycles. The number of guanidine groups is 1. The standard InChI is InChI=1S/C18H26N4O3S2.HI/c1-13(9-10-27(4,23)24)21-18(19-2)20-11-15-12-26-17(22-15)14-5-7-16(25-3)8-6-14;/h5-8,12-13H,9-11H2,1-4H3,(H2,19,20,21);1H. The summed E-state index contributed by atoms with van der Waals surface area (Å²) < 4.78 is 27.7. The molecule has 2 aromatic rings. The number of hydrogen-bond acceptors (Lipinski definition) is 6. The zero-order valence-corrected chi connectivity index (χ0v) is 20.4. The minimum Gasteiger partial charge on any atom is -0.497 e. The van der Waals surface area contributed by atoms with Crippen molar-refractivity contribution in [2.45, 2.75) is 25.9 Å². The molecule has 10 heteroatoms. The van der Waals surface area contributed by atoms with E-state index in [1.165, 1.54) is 6.26 Å². The monoisotopic (exact) mass is 538 g/mol. The SMILES string of the molecule is CN=C(NCc1csc(-c2ccc(OC)cc2)n1)NC(C)CCS(C)(=O)=O.I. The molecule has 0 aliphatic heterocycles. The lowest BCUT2D eigenvalue weighted by atomic mass is 10.2. The smallest absolute Gasteiger partial charge is 0.191 e. The minimum atomic E-state index is -2.96. The van der Waals surface area contributed by atoms with Crippen LogP contribution in [0.25, 0.3) is 10.6 Å². The average Bonchev–Trinajstić information content (AvgIpc) is 3.12. The molecule has 0 aliphatic rings. The molecule has 0 spiro atoms. The van der Waals surface area contributed by atoms with Gasteiger partial charge in [-0.2, -0.15) is 0 Å². The zero-order valence-electron chi connectivity index (χ0n) is 16.4. The van der Waals surface area contributed by atoms with Gasteiger partial charge in [-0.3, -0.25) is 4.99 Å². The van der Waals surface area contributed by atoms with Crippen molar-refractivity contribution in [2.75, 3.05) is 26.2 Å². The minimum absolute atomic E-state index is 0. The molecule has 7 nitrogen and oxygen atoms in total. The molecule has 0 aliphatic carbocycles. The van der Waals surface area contributed by atoms with Crippen molar-refractivity contribution in [1.82, 2.24) is 15.6 Å². The van der Waals surface area contributed by atoms with Crippen LogP contribution < -0.4 is 15.4 Å². The summed E-state index contributed by atoms with van der Waals surface area (Å²) in [6.07, 6.45) is 1.77. The number of rotatable bonds is 8. The maximum Gasteiger partial charge on any atom is 0.191 e. The quantitative estimate of drug-likeness (QED) is 0.305. The summed E-state index contributed by atoms with van der Waals surface area (Å²) in [5.74, 6) is 1.59. The predicted molar refractivity (Wildman–Crippen MR) is 127 cm³/mol. The fraction of sp³-hybridized carbons (Fsp3) is 0.444. The Labute approximate surface area is 188 Å². The molecule has 0 bridgehead atoms.